The highest BCUT2D eigenvalue weighted by molar-refractivity contribution is 6.05. The van der Waals surface area contributed by atoms with Gasteiger partial charge in [0.2, 0.25) is 0 Å². The van der Waals surface area contributed by atoms with Gasteiger partial charge in [-0.05, 0) is 63.2 Å². The van der Waals surface area contributed by atoms with Gasteiger partial charge in [-0.25, -0.2) is 0 Å². The zero-order valence-corrected chi connectivity index (χ0v) is 16.8. The van der Waals surface area contributed by atoms with Crippen LogP contribution in [0.4, 0.5) is 11.4 Å². The van der Waals surface area contributed by atoms with Gasteiger partial charge >= 0.3 is 0 Å². The molecule has 1 atom stereocenters. The Balaban J connectivity index is 1.52. The molecule has 0 radical (unpaired) electrons. The second-order valence-corrected chi connectivity index (χ2v) is 7.65. The second kappa shape index (κ2) is 8.66. The van der Waals surface area contributed by atoms with E-state index < -0.39 is 6.10 Å². The predicted molar refractivity (Wildman–Crippen MR) is 114 cm³/mol. The number of anilines is 2. The van der Waals surface area contributed by atoms with Gasteiger partial charge < -0.3 is 19.9 Å². The number of hydrogen-bond donors (Lipinski definition) is 1. The summed E-state index contributed by atoms with van der Waals surface area (Å²) in [6.07, 6.45) is 3.23. The minimum absolute atomic E-state index is 0.0407. The van der Waals surface area contributed by atoms with Crippen LogP contribution in [0.1, 0.15) is 36.5 Å². The minimum atomic E-state index is -0.506. The second-order valence-electron chi connectivity index (χ2n) is 7.65. The lowest BCUT2D eigenvalue weighted by Gasteiger charge is -2.35. The maximum absolute atomic E-state index is 12.8. The van der Waals surface area contributed by atoms with Crippen LogP contribution in [-0.4, -0.2) is 49.0 Å². The number of amides is 2. The molecule has 1 N–H and O–H groups in total. The fourth-order valence-corrected chi connectivity index (χ4v) is 3.93. The lowest BCUT2D eigenvalue weighted by atomic mass is 10.1. The van der Waals surface area contributed by atoms with E-state index in [-0.39, 0.29) is 11.8 Å². The number of carbonyl (C=O) groups is 2. The van der Waals surface area contributed by atoms with E-state index in [9.17, 15) is 9.59 Å². The molecule has 2 aliphatic heterocycles. The Morgan fingerprint density at radius 1 is 1.07 bits per heavy atom. The molecular formula is C23H27N3O3. The van der Waals surface area contributed by atoms with Gasteiger partial charge in [-0.1, -0.05) is 24.6 Å². The van der Waals surface area contributed by atoms with Gasteiger partial charge in [-0.2, -0.15) is 0 Å². The third kappa shape index (κ3) is 4.43. The topological polar surface area (TPSA) is 61.9 Å². The predicted octanol–water partition coefficient (Wildman–Crippen LogP) is 3.54. The van der Waals surface area contributed by atoms with Crippen LogP contribution in [0.3, 0.4) is 0 Å². The van der Waals surface area contributed by atoms with Crippen molar-refractivity contribution in [1.29, 1.82) is 0 Å². The van der Waals surface area contributed by atoms with Crippen LogP contribution in [-0.2, 0) is 4.79 Å². The fraction of sp³-hybridized carbons (Fsp3) is 0.391. The van der Waals surface area contributed by atoms with E-state index >= 15 is 0 Å². The first-order valence-corrected chi connectivity index (χ1v) is 10.3. The van der Waals surface area contributed by atoms with Crippen molar-refractivity contribution in [1.82, 2.24) is 4.90 Å². The monoisotopic (exact) mass is 393 g/mol. The normalized spacial score (nSPS) is 19.4. The number of rotatable bonds is 5. The van der Waals surface area contributed by atoms with E-state index in [4.69, 9.17) is 4.74 Å². The number of benzene rings is 2. The Hall–Kier alpha value is -2.86. The summed E-state index contributed by atoms with van der Waals surface area (Å²) in [5.41, 5.74) is 1.95. The van der Waals surface area contributed by atoms with Gasteiger partial charge in [-0.3, -0.25) is 9.59 Å². The summed E-state index contributed by atoms with van der Waals surface area (Å²) in [4.78, 5) is 29.5. The molecule has 2 aliphatic rings. The largest absolute Gasteiger partial charge is 0.479 e. The van der Waals surface area contributed by atoms with E-state index in [1.165, 1.54) is 19.3 Å². The van der Waals surface area contributed by atoms with E-state index in [2.05, 4.69) is 10.2 Å². The quantitative estimate of drug-likeness (QED) is 0.844. The summed E-state index contributed by atoms with van der Waals surface area (Å²) in [5, 5.41) is 2.92. The van der Waals surface area contributed by atoms with Crippen LogP contribution < -0.4 is 15.0 Å². The SMILES string of the molecule is CC1Oc2ccc(NC(=O)c3ccccc3)cc2N(CCN2CCCCC2)C1=O. The van der Waals surface area contributed by atoms with Crippen LogP contribution in [0.25, 0.3) is 0 Å². The first-order chi connectivity index (χ1) is 14.1. The Morgan fingerprint density at radius 2 is 1.83 bits per heavy atom. The molecular weight excluding hydrogens is 366 g/mol. The number of nitrogens with one attached hydrogen (secondary N) is 1. The van der Waals surface area contributed by atoms with Crippen LogP contribution in [0.2, 0.25) is 0 Å². The minimum Gasteiger partial charge on any atom is -0.479 e. The van der Waals surface area contributed by atoms with Gasteiger partial charge in [-0.15, -0.1) is 0 Å². The number of carbonyl (C=O) groups excluding carboxylic acids is 2. The molecule has 6 heteroatoms. The van der Waals surface area contributed by atoms with Crippen LogP contribution in [0, 0.1) is 0 Å². The first-order valence-electron chi connectivity index (χ1n) is 10.3. The van der Waals surface area contributed by atoms with Gasteiger partial charge in [0.25, 0.3) is 11.8 Å². The molecule has 2 amide bonds. The van der Waals surface area contributed by atoms with Crippen LogP contribution >= 0.6 is 0 Å². The number of piperidine rings is 1. The maximum Gasteiger partial charge on any atom is 0.267 e. The molecule has 29 heavy (non-hydrogen) atoms. The van der Waals surface area contributed by atoms with E-state index in [1.807, 2.05) is 36.4 Å². The highest BCUT2D eigenvalue weighted by Gasteiger charge is 2.32. The molecule has 1 fully saturated rings. The average molecular weight is 393 g/mol. The number of hydrogen-bond acceptors (Lipinski definition) is 4. The Kier molecular flexibility index (Phi) is 5.81. The first kappa shape index (κ1) is 19.5. The number of fused-ring (bicyclic) bond motifs is 1. The summed E-state index contributed by atoms with van der Waals surface area (Å²) >= 11 is 0. The Morgan fingerprint density at radius 3 is 2.59 bits per heavy atom. The van der Waals surface area contributed by atoms with E-state index in [0.29, 0.717) is 23.5 Å². The van der Waals surface area contributed by atoms with E-state index in [0.717, 1.165) is 25.3 Å². The molecule has 6 nitrogen and oxygen atoms in total. The van der Waals surface area contributed by atoms with Crippen molar-refractivity contribution in [2.45, 2.75) is 32.3 Å². The number of nitrogens with zero attached hydrogens (tertiary/aromatic N) is 2. The summed E-state index contributed by atoms with van der Waals surface area (Å²) in [6.45, 7) is 5.43. The summed E-state index contributed by atoms with van der Waals surface area (Å²) in [7, 11) is 0. The third-order valence-corrected chi connectivity index (χ3v) is 5.55. The summed E-state index contributed by atoms with van der Waals surface area (Å²) < 4.78 is 5.79. The zero-order chi connectivity index (χ0) is 20.2. The van der Waals surface area contributed by atoms with Crippen molar-refractivity contribution < 1.29 is 14.3 Å². The highest BCUT2D eigenvalue weighted by atomic mass is 16.5. The molecule has 0 aliphatic carbocycles. The third-order valence-electron chi connectivity index (χ3n) is 5.55. The molecule has 0 bridgehead atoms. The van der Waals surface area contributed by atoms with Crippen LogP contribution in [0.15, 0.2) is 48.5 Å². The zero-order valence-electron chi connectivity index (χ0n) is 16.8. The molecule has 2 aromatic rings. The van der Waals surface area contributed by atoms with Gasteiger partial charge in [0.05, 0.1) is 5.69 Å². The van der Waals surface area contributed by atoms with Gasteiger partial charge in [0.1, 0.15) is 5.75 Å². The van der Waals surface area contributed by atoms with Crippen molar-refractivity contribution in [2.24, 2.45) is 0 Å². The Bertz CT molecular complexity index is 878. The molecule has 4 rings (SSSR count). The van der Waals surface area contributed by atoms with Crippen LogP contribution in [0.5, 0.6) is 5.75 Å². The summed E-state index contributed by atoms with van der Waals surface area (Å²) in [6, 6.07) is 14.5. The van der Waals surface area contributed by atoms with Gasteiger partial charge in [0, 0.05) is 24.3 Å². The van der Waals surface area contributed by atoms with Crippen molar-refractivity contribution in [3.8, 4) is 5.75 Å². The molecule has 152 valence electrons. The number of ether oxygens (including phenoxy) is 1. The van der Waals surface area contributed by atoms with Crippen molar-refractivity contribution in [2.75, 3.05) is 36.4 Å². The van der Waals surface area contributed by atoms with Crippen molar-refractivity contribution >= 4 is 23.2 Å². The molecule has 1 saturated heterocycles. The van der Waals surface area contributed by atoms with Crippen molar-refractivity contribution in [3.63, 3.8) is 0 Å². The smallest absolute Gasteiger partial charge is 0.267 e. The standard InChI is InChI=1S/C23H27N3O3/c1-17-23(28)26(15-14-25-12-6-3-7-13-25)20-16-19(10-11-21(20)29-17)24-22(27)18-8-4-2-5-9-18/h2,4-5,8-11,16-17H,3,6-7,12-15H2,1H3,(H,24,27). The lowest BCUT2D eigenvalue weighted by molar-refractivity contribution is -0.125. The van der Waals surface area contributed by atoms with Crippen molar-refractivity contribution in [3.05, 3.63) is 54.1 Å². The molecule has 2 heterocycles. The molecule has 0 spiro atoms. The summed E-state index contributed by atoms with van der Waals surface area (Å²) in [5.74, 6) is 0.455. The van der Waals surface area contributed by atoms with E-state index in [1.54, 1.807) is 24.0 Å². The maximum atomic E-state index is 12.8. The Labute approximate surface area is 171 Å². The average Bonchev–Trinajstić information content (AvgIpc) is 2.76. The lowest BCUT2D eigenvalue weighted by Crippen LogP contribution is -2.48. The molecule has 1 unspecified atom stereocenters. The van der Waals surface area contributed by atoms with Gasteiger partial charge in [0.15, 0.2) is 6.10 Å². The fourth-order valence-electron chi connectivity index (χ4n) is 3.93. The molecule has 0 aromatic heterocycles. The molecule has 2 aromatic carbocycles. The number of likely N-dealkylation sites (tertiary alicyclic amines) is 1. The molecule has 0 saturated carbocycles. The highest BCUT2D eigenvalue weighted by Crippen LogP contribution is 2.36.